The molecule has 8 nitrogen and oxygen atoms in total. The molecule has 0 fully saturated rings. The van der Waals surface area contributed by atoms with Crippen LogP contribution >= 0.6 is 10.8 Å². The Morgan fingerprint density at radius 1 is 1.13 bits per heavy atom. The summed E-state index contributed by atoms with van der Waals surface area (Å²) in [5, 5.41) is 8.53. The Balaban J connectivity index is 1.53. The molecule has 1 unspecified atom stereocenters. The summed E-state index contributed by atoms with van der Waals surface area (Å²) >= 11 is 0. The monoisotopic (exact) mass is 548 g/mol. The molecule has 1 aliphatic heterocycles. The van der Waals surface area contributed by atoms with E-state index >= 15 is 0 Å². The Kier molecular flexibility index (Phi) is 7.77. The van der Waals surface area contributed by atoms with Gasteiger partial charge in [-0.25, -0.2) is 4.68 Å². The summed E-state index contributed by atoms with van der Waals surface area (Å²) in [5.74, 6) is -0.512. The van der Waals surface area contributed by atoms with Crippen molar-refractivity contribution in [1.29, 1.82) is 0 Å². The third-order valence-electron chi connectivity index (χ3n) is 7.73. The maximum Gasteiger partial charge on any atom is 0.306 e. The molecule has 1 aromatic heterocycles. The maximum absolute atomic E-state index is 12.8. The van der Waals surface area contributed by atoms with Crippen molar-refractivity contribution in [2.24, 2.45) is 7.05 Å². The van der Waals surface area contributed by atoms with Crippen molar-refractivity contribution in [2.45, 2.75) is 57.4 Å². The molecular weight excluding hydrogens is 512 g/mol. The number of esters is 1. The molecule has 2 N–H and O–H groups in total. The minimum Gasteiger partial charge on any atom is -0.466 e. The lowest BCUT2D eigenvalue weighted by Gasteiger charge is -2.42. The van der Waals surface area contributed by atoms with Crippen LogP contribution in [0, 0.1) is 13.8 Å². The van der Waals surface area contributed by atoms with Gasteiger partial charge in [0.1, 0.15) is 5.52 Å². The summed E-state index contributed by atoms with van der Waals surface area (Å²) in [6.07, 6.45) is 1.84. The normalized spacial score (nSPS) is 16.9. The Morgan fingerprint density at radius 2 is 1.92 bits per heavy atom. The van der Waals surface area contributed by atoms with E-state index in [9.17, 15) is 13.9 Å². The third kappa shape index (κ3) is 5.32. The van der Waals surface area contributed by atoms with Crippen LogP contribution in [0.4, 0.5) is 0 Å². The molecular formula is C30H36N4O4S. The second kappa shape index (κ2) is 11.1. The molecule has 5 rings (SSSR count). The molecule has 0 saturated carbocycles. The third-order valence-corrected chi connectivity index (χ3v) is 9.75. The first-order valence-corrected chi connectivity index (χ1v) is 14.9. The minimum atomic E-state index is -3.13. The van der Waals surface area contributed by atoms with Gasteiger partial charge < -0.3 is 4.74 Å². The second-order valence-corrected chi connectivity index (χ2v) is 12.2. The first-order valence-electron chi connectivity index (χ1n) is 13.4. The van der Waals surface area contributed by atoms with E-state index in [0.29, 0.717) is 24.6 Å². The molecule has 0 radical (unpaired) electrons. The van der Waals surface area contributed by atoms with E-state index in [4.69, 9.17) is 4.74 Å². The molecule has 0 saturated heterocycles. The second-order valence-electron chi connectivity index (χ2n) is 10.2. The highest BCUT2D eigenvalue weighted by atomic mass is 32.3. The molecule has 4 aromatic rings. The van der Waals surface area contributed by atoms with Gasteiger partial charge in [-0.05, 0) is 79.1 Å². The van der Waals surface area contributed by atoms with Crippen LogP contribution in [0.3, 0.4) is 0 Å². The molecule has 2 heterocycles. The lowest BCUT2D eigenvalue weighted by atomic mass is 9.84. The number of aromatic nitrogens is 3. The topological polar surface area (TPSA) is 101 Å². The number of fused-ring (bicyclic) bond motifs is 2. The summed E-state index contributed by atoms with van der Waals surface area (Å²) in [6, 6.07) is 17.9. The van der Waals surface area contributed by atoms with Crippen molar-refractivity contribution < 1.29 is 18.6 Å². The van der Waals surface area contributed by atoms with E-state index in [2.05, 4.69) is 28.5 Å². The minimum absolute atomic E-state index is 0.190. The van der Waals surface area contributed by atoms with Gasteiger partial charge in [0.25, 0.3) is 0 Å². The summed E-state index contributed by atoms with van der Waals surface area (Å²) in [4.78, 5) is 13.4. The predicted octanol–water partition coefficient (Wildman–Crippen LogP) is 6.14. The van der Waals surface area contributed by atoms with Gasteiger partial charge in [-0.3, -0.25) is 13.9 Å². The summed E-state index contributed by atoms with van der Waals surface area (Å²) in [5.41, 5.74) is 7.75. The van der Waals surface area contributed by atoms with Crippen LogP contribution in [-0.4, -0.2) is 47.5 Å². The molecule has 1 aliphatic rings. The average molecular weight is 549 g/mol. The fourth-order valence-corrected chi connectivity index (χ4v) is 7.31. The molecule has 206 valence electrons. The van der Waals surface area contributed by atoms with Crippen molar-refractivity contribution in [3.8, 4) is 0 Å². The highest BCUT2D eigenvalue weighted by Crippen LogP contribution is 2.55. The van der Waals surface area contributed by atoms with E-state index in [1.807, 2.05) is 68.5 Å². The Morgan fingerprint density at radius 3 is 2.72 bits per heavy atom. The van der Waals surface area contributed by atoms with Crippen molar-refractivity contribution in [1.82, 2.24) is 19.3 Å². The van der Waals surface area contributed by atoms with Crippen molar-refractivity contribution in [3.05, 3.63) is 88.0 Å². The van der Waals surface area contributed by atoms with Gasteiger partial charge in [-0.2, -0.15) is 4.31 Å². The van der Waals surface area contributed by atoms with E-state index < -0.39 is 10.8 Å². The van der Waals surface area contributed by atoms with Gasteiger partial charge in [-0.1, -0.05) is 47.7 Å². The standard InChI is InChI=1S/C30H36N4O4S/c1-5-38-29(35)18-26(25-14-15-27-30(21(25)3)31-32-33(27)4)23-13-12-20(2)24(17-23)19-34-16-8-10-22-9-6-7-11-28(22)39(34,36)37/h6-7,9,11-15,17,26,36-37H,5,8,10,16,18-19H2,1-4H3. The summed E-state index contributed by atoms with van der Waals surface area (Å²) in [6.45, 7) is 7.16. The lowest BCUT2D eigenvalue weighted by molar-refractivity contribution is -0.143. The van der Waals surface area contributed by atoms with Gasteiger partial charge in [0.15, 0.2) is 0 Å². The van der Waals surface area contributed by atoms with E-state index in [0.717, 1.165) is 57.3 Å². The highest BCUT2D eigenvalue weighted by Gasteiger charge is 2.31. The number of ether oxygens (including phenoxy) is 1. The zero-order valence-corrected chi connectivity index (χ0v) is 23.7. The fourth-order valence-electron chi connectivity index (χ4n) is 5.55. The van der Waals surface area contributed by atoms with Crippen LogP contribution in [0.5, 0.6) is 0 Å². The Bertz CT molecular complexity index is 1520. The van der Waals surface area contributed by atoms with Gasteiger partial charge in [0, 0.05) is 26.1 Å². The van der Waals surface area contributed by atoms with Gasteiger partial charge in [0.05, 0.1) is 23.4 Å². The average Bonchev–Trinajstić information content (AvgIpc) is 3.24. The van der Waals surface area contributed by atoms with E-state index in [-0.39, 0.29) is 18.3 Å². The number of aryl methyl sites for hydroxylation is 4. The number of hydrogen-bond acceptors (Lipinski definition) is 7. The van der Waals surface area contributed by atoms with Crippen molar-refractivity contribution in [3.63, 3.8) is 0 Å². The summed E-state index contributed by atoms with van der Waals surface area (Å²) in [7, 11) is -1.27. The van der Waals surface area contributed by atoms with Crippen LogP contribution in [0.25, 0.3) is 11.0 Å². The number of hydrogen-bond donors (Lipinski definition) is 2. The number of benzene rings is 3. The molecule has 39 heavy (non-hydrogen) atoms. The van der Waals surface area contributed by atoms with Gasteiger partial charge >= 0.3 is 5.97 Å². The quantitative estimate of drug-likeness (QED) is 0.267. The van der Waals surface area contributed by atoms with Crippen LogP contribution < -0.4 is 0 Å². The first kappa shape index (κ1) is 27.3. The maximum atomic E-state index is 12.8. The molecule has 0 spiro atoms. The van der Waals surface area contributed by atoms with Crippen LogP contribution in [-0.2, 0) is 29.5 Å². The number of nitrogens with zero attached hydrogens (tertiary/aromatic N) is 4. The Labute approximate surface area is 231 Å². The van der Waals surface area contributed by atoms with E-state index in [1.54, 1.807) is 4.68 Å². The summed E-state index contributed by atoms with van der Waals surface area (Å²) < 4.78 is 31.7. The largest absolute Gasteiger partial charge is 0.466 e. The molecule has 1 atom stereocenters. The SMILES string of the molecule is CCOC(=O)CC(c1ccc(C)c(CN2CCCc3ccccc3S2(O)O)c1)c1ccc2c(nnn2C)c1C. The highest BCUT2D eigenvalue weighted by molar-refractivity contribution is 8.22. The van der Waals surface area contributed by atoms with Crippen molar-refractivity contribution >= 4 is 27.8 Å². The first-order chi connectivity index (χ1) is 18.7. The predicted molar refractivity (Wildman–Crippen MR) is 154 cm³/mol. The van der Waals surface area contributed by atoms with Crippen molar-refractivity contribution in [2.75, 3.05) is 13.2 Å². The lowest BCUT2D eigenvalue weighted by Crippen LogP contribution is -2.28. The molecule has 0 bridgehead atoms. The number of carbonyl (C=O) groups excluding carboxylic acids is 1. The number of rotatable bonds is 7. The molecule has 9 heteroatoms. The van der Waals surface area contributed by atoms with Crippen LogP contribution in [0.1, 0.15) is 59.1 Å². The van der Waals surface area contributed by atoms with Crippen LogP contribution in [0.2, 0.25) is 0 Å². The molecule has 3 aromatic carbocycles. The van der Waals surface area contributed by atoms with Gasteiger partial charge in [0.2, 0.25) is 0 Å². The Hall–Kier alpha value is -3.24. The zero-order valence-electron chi connectivity index (χ0n) is 22.9. The molecule has 0 aliphatic carbocycles. The van der Waals surface area contributed by atoms with E-state index in [1.165, 1.54) is 0 Å². The molecule has 0 amide bonds. The zero-order chi connectivity index (χ0) is 27.7. The van der Waals surface area contributed by atoms with Gasteiger partial charge in [-0.15, -0.1) is 15.9 Å². The fraction of sp³-hybridized carbons (Fsp3) is 0.367. The number of carbonyl (C=O) groups is 1. The smallest absolute Gasteiger partial charge is 0.306 e. The van der Waals surface area contributed by atoms with Crippen LogP contribution in [0.15, 0.2) is 59.5 Å².